The Morgan fingerprint density at radius 3 is 2.69 bits per heavy atom. The Bertz CT molecular complexity index is 1420. The molecule has 0 aliphatic rings. The number of H-pyrrole nitrogens is 1. The van der Waals surface area contributed by atoms with Crippen molar-refractivity contribution in [3.8, 4) is 11.8 Å². The van der Waals surface area contributed by atoms with Gasteiger partial charge in [-0.3, -0.25) is 9.59 Å². The van der Waals surface area contributed by atoms with Crippen LogP contribution in [0, 0.1) is 11.8 Å². The Morgan fingerprint density at radius 1 is 1.09 bits per heavy atom. The Hall–Kier alpha value is -4.28. The minimum absolute atomic E-state index is 0.00177. The lowest BCUT2D eigenvalue weighted by Gasteiger charge is -2.16. The molecule has 1 amide bonds. The second kappa shape index (κ2) is 8.46. The van der Waals surface area contributed by atoms with E-state index in [-0.39, 0.29) is 11.0 Å². The molecule has 4 aromatic rings. The molecule has 1 aromatic carbocycles. The van der Waals surface area contributed by atoms with Gasteiger partial charge in [0.2, 0.25) is 5.43 Å². The van der Waals surface area contributed by atoms with E-state index >= 15 is 0 Å². The molecule has 0 bridgehead atoms. The van der Waals surface area contributed by atoms with Gasteiger partial charge in [-0.15, -0.1) is 0 Å². The molecule has 7 heteroatoms. The van der Waals surface area contributed by atoms with Crippen molar-refractivity contribution in [2.75, 3.05) is 5.32 Å². The highest BCUT2D eigenvalue weighted by Gasteiger charge is 2.16. The zero-order chi connectivity index (χ0) is 22.7. The highest BCUT2D eigenvalue weighted by molar-refractivity contribution is 6.05. The van der Waals surface area contributed by atoms with Crippen LogP contribution in [0.2, 0.25) is 0 Å². The van der Waals surface area contributed by atoms with Gasteiger partial charge >= 0.3 is 0 Å². The zero-order valence-corrected chi connectivity index (χ0v) is 17.5. The summed E-state index contributed by atoms with van der Waals surface area (Å²) in [7, 11) is 0. The summed E-state index contributed by atoms with van der Waals surface area (Å²) in [5.74, 6) is 5.45. The number of hydrogen-bond donors (Lipinski definition) is 3. The third-order valence-corrected chi connectivity index (χ3v) is 4.82. The molecule has 7 nitrogen and oxygen atoms in total. The van der Waals surface area contributed by atoms with Gasteiger partial charge in [0.15, 0.2) is 0 Å². The summed E-state index contributed by atoms with van der Waals surface area (Å²) < 4.78 is 0. The molecule has 158 valence electrons. The number of nitrogens with zero attached hydrogens (tertiary/aromatic N) is 2. The van der Waals surface area contributed by atoms with Gasteiger partial charge in [-0.2, -0.15) is 0 Å². The first-order valence-corrected chi connectivity index (χ1v) is 9.90. The van der Waals surface area contributed by atoms with Crippen LogP contribution >= 0.6 is 0 Å². The van der Waals surface area contributed by atoms with Crippen molar-refractivity contribution in [3.05, 3.63) is 99.7 Å². The second-order valence-corrected chi connectivity index (χ2v) is 7.71. The van der Waals surface area contributed by atoms with Crippen LogP contribution in [0.1, 0.15) is 41.0 Å². The zero-order valence-electron chi connectivity index (χ0n) is 17.5. The fourth-order valence-electron chi connectivity index (χ4n) is 3.06. The molecule has 0 aliphatic heterocycles. The highest BCUT2D eigenvalue weighted by Crippen LogP contribution is 2.18. The first kappa shape index (κ1) is 21.0. The molecule has 0 atom stereocenters. The number of nitrogens with one attached hydrogen (secondary N) is 2. The van der Waals surface area contributed by atoms with Gasteiger partial charge in [-0.05, 0) is 56.2 Å². The molecular weight excluding hydrogens is 404 g/mol. The van der Waals surface area contributed by atoms with Gasteiger partial charge < -0.3 is 15.4 Å². The van der Waals surface area contributed by atoms with Crippen molar-refractivity contribution in [2.24, 2.45) is 0 Å². The number of aliphatic hydroxyl groups is 1. The lowest BCUT2D eigenvalue weighted by Crippen LogP contribution is -2.22. The lowest BCUT2D eigenvalue weighted by molar-refractivity contribution is 0.0782. The number of rotatable bonds is 3. The third kappa shape index (κ3) is 4.56. The minimum atomic E-state index is -0.964. The largest absolute Gasteiger partial charge is 0.386 e. The molecular formula is C25H20N4O3. The molecule has 0 saturated carbocycles. The summed E-state index contributed by atoms with van der Waals surface area (Å²) in [5, 5.41) is 13.1. The van der Waals surface area contributed by atoms with Crippen LogP contribution in [0.4, 0.5) is 5.69 Å². The molecule has 0 saturated heterocycles. The predicted molar refractivity (Wildman–Crippen MR) is 122 cm³/mol. The lowest BCUT2D eigenvalue weighted by atomic mass is 10.0. The van der Waals surface area contributed by atoms with Gasteiger partial charge in [-0.25, -0.2) is 9.97 Å². The standard InChI is InChI=1S/C25H20N4O3/c1-25(2,32)17-9-11-18(27-14-17)10-8-16-5-3-6-19(13-16)29-24(31)21-15-28-23-20(22(21)30)7-4-12-26-23/h3-7,9,11-15,32H,1-2H3,(H,29,31)(H,26,28,30). The highest BCUT2D eigenvalue weighted by atomic mass is 16.3. The molecule has 0 aliphatic carbocycles. The maximum Gasteiger partial charge on any atom is 0.261 e. The number of benzene rings is 1. The maximum absolute atomic E-state index is 12.7. The quantitative estimate of drug-likeness (QED) is 0.438. The Labute approximate surface area is 184 Å². The van der Waals surface area contributed by atoms with E-state index in [1.165, 1.54) is 6.20 Å². The number of carbonyl (C=O) groups excluding carboxylic acids is 1. The Morgan fingerprint density at radius 2 is 1.94 bits per heavy atom. The number of anilines is 1. The first-order valence-electron chi connectivity index (χ1n) is 9.90. The summed E-state index contributed by atoms with van der Waals surface area (Å²) in [6.07, 6.45) is 4.53. The van der Waals surface area contributed by atoms with Crippen LogP contribution in [-0.2, 0) is 5.60 Å². The van der Waals surface area contributed by atoms with Crippen LogP contribution in [0.25, 0.3) is 11.0 Å². The molecule has 3 heterocycles. The van der Waals surface area contributed by atoms with Crippen LogP contribution in [0.5, 0.6) is 0 Å². The number of amides is 1. The summed E-state index contributed by atoms with van der Waals surface area (Å²) in [6.45, 7) is 3.38. The summed E-state index contributed by atoms with van der Waals surface area (Å²) in [4.78, 5) is 36.5. The fraction of sp³-hybridized carbons (Fsp3) is 0.120. The summed E-state index contributed by atoms with van der Waals surface area (Å²) >= 11 is 0. The van der Waals surface area contributed by atoms with E-state index < -0.39 is 11.5 Å². The van der Waals surface area contributed by atoms with E-state index in [4.69, 9.17) is 0 Å². The number of fused-ring (bicyclic) bond motifs is 1. The van der Waals surface area contributed by atoms with Gasteiger partial charge in [-0.1, -0.05) is 18.1 Å². The molecule has 0 fully saturated rings. The predicted octanol–water partition coefficient (Wildman–Crippen LogP) is 3.20. The maximum atomic E-state index is 12.7. The molecule has 32 heavy (non-hydrogen) atoms. The average Bonchev–Trinajstić information content (AvgIpc) is 2.78. The van der Waals surface area contributed by atoms with E-state index in [0.29, 0.717) is 33.5 Å². The number of aromatic amines is 1. The molecule has 0 radical (unpaired) electrons. The van der Waals surface area contributed by atoms with Crippen LogP contribution < -0.4 is 10.7 Å². The van der Waals surface area contributed by atoms with Crippen molar-refractivity contribution in [2.45, 2.75) is 19.4 Å². The first-order chi connectivity index (χ1) is 15.3. The molecule has 0 unspecified atom stereocenters. The molecule has 0 spiro atoms. The molecule has 3 N–H and O–H groups in total. The van der Waals surface area contributed by atoms with Gasteiger partial charge in [0.1, 0.15) is 16.9 Å². The topological polar surface area (TPSA) is 108 Å². The third-order valence-electron chi connectivity index (χ3n) is 4.82. The normalized spacial score (nSPS) is 11.0. The molecule has 4 rings (SSSR count). The number of aromatic nitrogens is 3. The number of pyridine rings is 3. The van der Waals surface area contributed by atoms with Gasteiger partial charge in [0.25, 0.3) is 5.91 Å². The monoisotopic (exact) mass is 424 g/mol. The fourth-order valence-corrected chi connectivity index (χ4v) is 3.06. The Balaban J connectivity index is 1.53. The smallest absolute Gasteiger partial charge is 0.261 e. The van der Waals surface area contributed by atoms with E-state index in [1.807, 2.05) is 6.07 Å². The van der Waals surface area contributed by atoms with E-state index in [9.17, 15) is 14.7 Å². The van der Waals surface area contributed by atoms with Gasteiger partial charge in [0, 0.05) is 35.4 Å². The number of hydrogen-bond acceptors (Lipinski definition) is 5. The summed E-state index contributed by atoms with van der Waals surface area (Å²) in [5.41, 5.74) is 1.52. The number of carbonyl (C=O) groups is 1. The van der Waals surface area contributed by atoms with Crippen molar-refractivity contribution in [1.82, 2.24) is 15.0 Å². The minimum Gasteiger partial charge on any atom is -0.386 e. The summed E-state index contributed by atoms with van der Waals surface area (Å²) in [6, 6.07) is 13.8. The SMILES string of the molecule is CC(C)(O)c1ccc(C#Cc2cccc(NC(=O)c3c[nH]c4ncccc4c3=O)c2)nc1. The van der Waals surface area contributed by atoms with Crippen molar-refractivity contribution in [3.63, 3.8) is 0 Å². The molecule has 3 aromatic heterocycles. The second-order valence-electron chi connectivity index (χ2n) is 7.71. The van der Waals surface area contributed by atoms with Crippen LogP contribution in [0.3, 0.4) is 0 Å². The van der Waals surface area contributed by atoms with E-state index in [1.54, 1.807) is 68.7 Å². The Kier molecular flexibility index (Phi) is 5.54. The van der Waals surface area contributed by atoms with Crippen molar-refractivity contribution in [1.29, 1.82) is 0 Å². The van der Waals surface area contributed by atoms with Crippen molar-refractivity contribution < 1.29 is 9.90 Å². The van der Waals surface area contributed by atoms with E-state index in [0.717, 1.165) is 0 Å². The van der Waals surface area contributed by atoms with Gasteiger partial charge in [0.05, 0.1) is 11.0 Å². The van der Waals surface area contributed by atoms with Crippen LogP contribution in [0.15, 0.2) is 71.9 Å². The van der Waals surface area contributed by atoms with E-state index in [2.05, 4.69) is 32.1 Å². The average molecular weight is 424 g/mol. The van der Waals surface area contributed by atoms with Crippen molar-refractivity contribution >= 4 is 22.6 Å². The van der Waals surface area contributed by atoms with Crippen LogP contribution in [-0.4, -0.2) is 26.0 Å².